The van der Waals surface area contributed by atoms with Crippen LogP contribution in [-0.2, 0) is 28.7 Å². The molecule has 0 bridgehead atoms. The Hall–Kier alpha value is -1.94. The minimum atomic E-state index is -2.34. The maximum atomic E-state index is 17.3. The molecule has 0 saturated heterocycles. The van der Waals surface area contributed by atoms with E-state index in [2.05, 4.69) is 15.9 Å². The van der Waals surface area contributed by atoms with Crippen molar-refractivity contribution in [2.75, 3.05) is 6.61 Å². The summed E-state index contributed by atoms with van der Waals surface area (Å²) >= 11 is 3.14. The summed E-state index contributed by atoms with van der Waals surface area (Å²) in [4.78, 5) is 49.1. The number of hydrogen-bond donors (Lipinski definition) is 1. The minimum absolute atomic E-state index is 0.0118. The first-order valence-corrected chi connectivity index (χ1v) is 12.5. The molecule has 7 nitrogen and oxygen atoms in total. The van der Waals surface area contributed by atoms with Crippen molar-refractivity contribution in [2.24, 2.45) is 22.7 Å². The molecule has 1 N–H and O–H groups in total. The number of fused-ring (bicyclic) bond motifs is 5. The monoisotopic (exact) mass is 558 g/mol. The van der Waals surface area contributed by atoms with E-state index in [1.54, 1.807) is 6.92 Å². The molecule has 8 atom stereocenters. The van der Waals surface area contributed by atoms with Crippen LogP contribution in [0, 0.1) is 22.7 Å². The highest BCUT2D eigenvalue weighted by Gasteiger charge is 2.76. The molecule has 0 aromatic carbocycles. The van der Waals surface area contributed by atoms with Gasteiger partial charge in [0.2, 0.25) is 5.78 Å². The third kappa shape index (κ3) is 3.42. The molecule has 0 amide bonds. The Bertz CT molecular complexity index is 1070. The number of allylic oxidation sites excluding steroid dienone is 4. The van der Waals surface area contributed by atoms with Crippen molar-refractivity contribution in [1.82, 2.24) is 0 Å². The predicted molar refractivity (Wildman–Crippen MR) is 123 cm³/mol. The minimum Gasteiger partial charge on any atom is -0.458 e. The fourth-order valence-corrected chi connectivity index (χ4v) is 8.03. The number of hydrogen-bond acceptors (Lipinski definition) is 7. The molecule has 0 aliphatic heterocycles. The van der Waals surface area contributed by atoms with Gasteiger partial charge >= 0.3 is 11.9 Å². The van der Waals surface area contributed by atoms with Gasteiger partial charge < -0.3 is 14.6 Å². The number of esters is 2. The molecule has 3 saturated carbocycles. The molecule has 0 radical (unpaired) electrons. The van der Waals surface area contributed by atoms with E-state index in [1.807, 2.05) is 0 Å². The highest BCUT2D eigenvalue weighted by atomic mass is 79.9. The number of halogens is 3. The lowest BCUT2D eigenvalue weighted by Gasteiger charge is -2.63. The van der Waals surface area contributed by atoms with E-state index in [4.69, 9.17) is 9.47 Å². The highest BCUT2D eigenvalue weighted by molar-refractivity contribution is 9.12. The molecule has 4 aliphatic rings. The first-order chi connectivity index (χ1) is 16.1. The van der Waals surface area contributed by atoms with Crippen LogP contribution in [0.5, 0.6) is 0 Å². The van der Waals surface area contributed by atoms with Gasteiger partial charge in [-0.2, -0.15) is 0 Å². The summed E-state index contributed by atoms with van der Waals surface area (Å²) < 4.78 is 43.5. The molecule has 4 aliphatic carbocycles. The molecule has 4 rings (SSSR count). The largest absolute Gasteiger partial charge is 0.458 e. The Kier molecular flexibility index (Phi) is 6.19. The van der Waals surface area contributed by atoms with Crippen LogP contribution in [0.25, 0.3) is 0 Å². The van der Waals surface area contributed by atoms with Crippen LogP contribution in [0.2, 0.25) is 0 Å². The number of Topliss-reactive ketones (excluding diaryl/α,β-unsaturated/α-hetero) is 1. The van der Waals surface area contributed by atoms with Gasteiger partial charge in [0.1, 0.15) is 6.17 Å². The standard InChI is InChI=1S/C25H29BrF2O7/c1-12(29)34-11-21(33)24(35-13(2)30)6-5-14-15-7-18(27)16-8-19(31)17(26)9-23(16,4)25(15,28)20(32)10-22(14,24)3/h8-9,14-15,18,20,32H,5-7,10-11H2,1-4H3/t14?,15?,18?,20?,22-,23-,24-,25-/m0/s1. The first-order valence-electron chi connectivity index (χ1n) is 11.7. The van der Waals surface area contributed by atoms with Crippen LogP contribution in [-0.4, -0.2) is 58.8 Å². The van der Waals surface area contributed by atoms with Crippen molar-refractivity contribution in [3.8, 4) is 0 Å². The molecular weight excluding hydrogens is 530 g/mol. The average molecular weight is 559 g/mol. The van der Waals surface area contributed by atoms with Crippen LogP contribution >= 0.6 is 15.9 Å². The molecular formula is C25H29BrF2O7. The number of aliphatic hydroxyl groups is 1. The zero-order chi connectivity index (χ0) is 26.1. The summed E-state index contributed by atoms with van der Waals surface area (Å²) in [5.41, 5.74) is -6.95. The zero-order valence-electron chi connectivity index (χ0n) is 20.0. The molecule has 3 fully saturated rings. The summed E-state index contributed by atoms with van der Waals surface area (Å²) in [7, 11) is 0. The van der Waals surface area contributed by atoms with Crippen LogP contribution in [0.15, 0.2) is 22.2 Å². The normalized spacial score (nSPS) is 44.3. The second-order valence-corrected chi connectivity index (χ2v) is 11.5. The molecule has 192 valence electrons. The van der Waals surface area contributed by atoms with E-state index in [0.29, 0.717) is 0 Å². The number of ketones is 2. The van der Waals surface area contributed by atoms with Crippen molar-refractivity contribution in [3.63, 3.8) is 0 Å². The van der Waals surface area contributed by atoms with Gasteiger partial charge in [0, 0.05) is 30.6 Å². The molecule has 35 heavy (non-hydrogen) atoms. The van der Waals surface area contributed by atoms with Crippen molar-refractivity contribution in [3.05, 3.63) is 22.2 Å². The third-order valence-corrected chi connectivity index (χ3v) is 9.60. The number of aliphatic hydroxyl groups excluding tert-OH is 1. The topological polar surface area (TPSA) is 107 Å². The second kappa shape index (κ2) is 8.30. The van der Waals surface area contributed by atoms with E-state index < -0.39 is 76.3 Å². The Morgan fingerprint density at radius 3 is 2.46 bits per heavy atom. The summed E-state index contributed by atoms with van der Waals surface area (Å²) in [6.07, 6.45) is -1.11. The second-order valence-electron chi connectivity index (χ2n) is 10.6. The summed E-state index contributed by atoms with van der Waals surface area (Å²) in [5, 5.41) is 11.4. The van der Waals surface area contributed by atoms with E-state index in [0.717, 1.165) is 19.9 Å². The fraction of sp³-hybridized carbons (Fsp3) is 0.680. The van der Waals surface area contributed by atoms with Gasteiger partial charge in [-0.15, -0.1) is 0 Å². The smallest absolute Gasteiger partial charge is 0.303 e. The highest BCUT2D eigenvalue weighted by Crippen LogP contribution is 2.70. The Labute approximate surface area is 210 Å². The maximum Gasteiger partial charge on any atom is 0.303 e. The van der Waals surface area contributed by atoms with Gasteiger partial charge in [0.05, 0.1) is 10.6 Å². The van der Waals surface area contributed by atoms with Crippen LogP contribution in [0.4, 0.5) is 8.78 Å². The van der Waals surface area contributed by atoms with Crippen molar-refractivity contribution in [2.45, 2.75) is 76.9 Å². The quantitative estimate of drug-likeness (QED) is 0.526. The van der Waals surface area contributed by atoms with Gasteiger partial charge in [-0.1, -0.05) is 13.0 Å². The summed E-state index contributed by atoms with van der Waals surface area (Å²) in [5.74, 6) is -4.21. The Balaban J connectivity index is 1.82. The van der Waals surface area contributed by atoms with Crippen LogP contribution < -0.4 is 0 Å². The predicted octanol–water partition coefficient (Wildman–Crippen LogP) is 3.46. The van der Waals surface area contributed by atoms with E-state index >= 15 is 8.78 Å². The summed E-state index contributed by atoms with van der Waals surface area (Å²) in [6, 6.07) is 0. The number of alkyl halides is 2. The SMILES string of the molecule is CC(=O)OCC(=O)[C@@]1(OC(C)=O)CCC2C3CC(F)C4=CC(=O)C(Br)=C[C@]4(C)[C@@]3(F)C(O)C[C@@]21C. The number of carbonyl (C=O) groups is 4. The van der Waals surface area contributed by atoms with E-state index in [1.165, 1.54) is 13.0 Å². The molecule has 4 unspecified atom stereocenters. The van der Waals surface area contributed by atoms with Gasteiger partial charge in [-0.05, 0) is 66.1 Å². The lowest BCUT2D eigenvalue weighted by atomic mass is 9.44. The number of carbonyl (C=O) groups excluding carboxylic acids is 4. The van der Waals surface area contributed by atoms with Gasteiger partial charge in [-0.3, -0.25) is 19.2 Å². The Morgan fingerprint density at radius 1 is 1.20 bits per heavy atom. The lowest BCUT2D eigenvalue weighted by Crippen LogP contribution is -2.70. The van der Waals surface area contributed by atoms with Crippen molar-refractivity contribution in [1.29, 1.82) is 0 Å². The third-order valence-electron chi connectivity index (χ3n) is 8.98. The van der Waals surface area contributed by atoms with E-state index in [9.17, 15) is 24.3 Å². The maximum absolute atomic E-state index is 17.3. The fourth-order valence-electron chi connectivity index (χ4n) is 7.46. The molecule has 10 heteroatoms. The van der Waals surface area contributed by atoms with Crippen molar-refractivity contribution >= 4 is 39.4 Å². The zero-order valence-corrected chi connectivity index (χ0v) is 21.6. The average Bonchev–Trinajstić information content (AvgIpc) is 3.03. The molecule has 0 heterocycles. The van der Waals surface area contributed by atoms with Gasteiger partial charge in [0.15, 0.2) is 23.7 Å². The molecule has 0 spiro atoms. The number of ether oxygens (including phenoxy) is 2. The van der Waals surface area contributed by atoms with Crippen LogP contribution in [0.1, 0.15) is 53.4 Å². The van der Waals surface area contributed by atoms with E-state index in [-0.39, 0.29) is 35.7 Å². The van der Waals surface area contributed by atoms with Gasteiger partial charge in [0.25, 0.3) is 0 Å². The first kappa shape index (κ1) is 26.1. The lowest BCUT2D eigenvalue weighted by molar-refractivity contribution is -0.228. The molecule has 0 aromatic heterocycles. The van der Waals surface area contributed by atoms with Crippen LogP contribution in [0.3, 0.4) is 0 Å². The summed E-state index contributed by atoms with van der Waals surface area (Å²) in [6.45, 7) is 4.79. The number of rotatable bonds is 4. The van der Waals surface area contributed by atoms with Crippen molar-refractivity contribution < 1.29 is 42.5 Å². The molecule has 0 aromatic rings. The Morgan fingerprint density at radius 2 is 1.86 bits per heavy atom. The van der Waals surface area contributed by atoms with Gasteiger partial charge in [-0.25, -0.2) is 8.78 Å².